The molecule has 1 aliphatic heterocycles. The number of hydrogen-bond acceptors (Lipinski definition) is 4. The number of piperidine rings is 1. The minimum Gasteiger partial charge on any atom is -0.481 e. The van der Waals surface area contributed by atoms with E-state index in [9.17, 15) is 19.7 Å². The van der Waals surface area contributed by atoms with Gasteiger partial charge in [0.15, 0.2) is 0 Å². The summed E-state index contributed by atoms with van der Waals surface area (Å²) in [6, 6.07) is 3.82. The van der Waals surface area contributed by atoms with E-state index in [1.165, 1.54) is 17.0 Å². The smallest absolute Gasteiger partial charge is 0.308 e. The number of carbonyl (C=O) groups excluding carboxylic acids is 1. The summed E-state index contributed by atoms with van der Waals surface area (Å²) in [5, 5.41) is 20.2. The molecule has 0 saturated carbocycles. The predicted octanol–water partition coefficient (Wildman–Crippen LogP) is 2.19. The molecule has 0 spiro atoms. The van der Waals surface area contributed by atoms with Crippen molar-refractivity contribution in [3.8, 4) is 0 Å². The summed E-state index contributed by atoms with van der Waals surface area (Å²) in [5.74, 6) is -2.13. The van der Waals surface area contributed by atoms with Crippen molar-refractivity contribution in [2.45, 2.75) is 12.8 Å². The molecular formula is C13H13ClN2O5. The lowest BCUT2D eigenvalue weighted by Gasteiger charge is -2.30. The number of carbonyl (C=O) groups is 2. The maximum Gasteiger partial charge on any atom is 0.308 e. The first-order valence-electron chi connectivity index (χ1n) is 6.36. The molecule has 1 aliphatic rings. The highest BCUT2D eigenvalue weighted by atomic mass is 35.5. The van der Waals surface area contributed by atoms with Gasteiger partial charge in [-0.1, -0.05) is 11.6 Å². The molecule has 0 unspecified atom stereocenters. The third-order valence-electron chi connectivity index (χ3n) is 3.44. The number of aliphatic carboxylic acids is 1. The molecule has 7 nitrogen and oxygen atoms in total. The molecule has 1 aromatic carbocycles. The van der Waals surface area contributed by atoms with Crippen LogP contribution in [0, 0.1) is 16.0 Å². The fourth-order valence-electron chi connectivity index (χ4n) is 2.37. The van der Waals surface area contributed by atoms with Crippen LogP contribution in [-0.4, -0.2) is 39.9 Å². The van der Waals surface area contributed by atoms with Gasteiger partial charge in [0.1, 0.15) is 5.56 Å². The molecule has 0 aliphatic carbocycles. The summed E-state index contributed by atoms with van der Waals surface area (Å²) >= 11 is 5.71. The Hall–Kier alpha value is -2.15. The second kappa shape index (κ2) is 6.09. The summed E-state index contributed by atoms with van der Waals surface area (Å²) in [4.78, 5) is 35.1. The van der Waals surface area contributed by atoms with E-state index in [0.29, 0.717) is 19.4 Å². The van der Waals surface area contributed by atoms with E-state index in [-0.39, 0.29) is 22.8 Å². The SMILES string of the molecule is O=C(O)[C@@H]1CCCN(C(=O)c2ccc(Cl)cc2[N+](=O)[O-])C1. The van der Waals surface area contributed by atoms with E-state index in [4.69, 9.17) is 16.7 Å². The number of amides is 1. The number of halogens is 1. The number of carboxylic acids is 1. The molecular weight excluding hydrogens is 300 g/mol. The van der Waals surface area contributed by atoms with Gasteiger partial charge in [0.25, 0.3) is 11.6 Å². The fraction of sp³-hybridized carbons (Fsp3) is 0.385. The van der Waals surface area contributed by atoms with Gasteiger partial charge < -0.3 is 10.0 Å². The summed E-state index contributed by atoms with van der Waals surface area (Å²) in [7, 11) is 0. The van der Waals surface area contributed by atoms with Crippen LogP contribution in [0.5, 0.6) is 0 Å². The highest BCUT2D eigenvalue weighted by molar-refractivity contribution is 6.31. The van der Waals surface area contributed by atoms with E-state index in [1.807, 2.05) is 0 Å². The van der Waals surface area contributed by atoms with Crippen molar-refractivity contribution < 1.29 is 19.6 Å². The number of nitro groups is 1. The van der Waals surface area contributed by atoms with Gasteiger partial charge >= 0.3 is 5.97 Å². The van der Waals surface area contributed by atoms with Gasteiger partial charge in [0.2, 0.25) is 0 Å². The van der Waals surface area contributed by atoms with Crippen molar-refractivity contribution in [2.75, 3.05) is 13.1 Å². The zero-order chi connectivity index (χ0) is 15.6. The van der Waals surface area contributed by atoms with Gasteiger partial charge in [-0.2, -0.15) is 0 Å². The molecule has 1 amide bonds. The number of nitro benzene ring substituents is 1. The molecule has 1 aromatic rings. The molecule has 1 saturated heterocycles. The maximum atomic E-state index is 12.4. The molecule has 1 heterocycles. The van der Waals surface area contributed by atoms with Crippen molar-refractivity contribution in [3.63, 3.8) is 0 Å². The number of nitrogens with zero attached hydrogens (tertiary/aromatic N) is 2. The van der Waals surface area contributed by atoms with Gasteiger partial charge in [-0.15, -0.1) is 0 Å². The third-order valence-corrected chi connectivity index (χ3v) is 3.68. The quantitative estimate of drug-likeness (QED) is 0.681. The van der Waals surface area contributed by atoms with Gasteiger partial charge in [0.05, 0.1) is 10.8 Å². The van der Waals surface area contributed by atoms with Crippen molar-refractivity contribution >= 4 is 29.2 Å². The van der Waals surface area contributed by atoms with Crippen LogP contribution in [0.25, 0.3) is 0 Å². The molecule has 1 N–H and O–H groups in total. The fourth-order valence-corrected chi connectivity index (χ4v) is 2.54. The Bertz CT molecular complexity index is 604. The lowest BCUT2D eigenvalue weighted by atomic mass is 9.97. The second-order valence-corrected chi connectivity index (χ2v) is 5.28. The zero-order valence-electron chi connectivity index (χ0n) is 11.0. The van der Waals surface area contributed by atoms with Gasteiger partial charge in [-0.05, 0) is 25.0 Å². The number of benzene rings is 1. The maximum absolute atomic E-state index is 12.4. The van der Waals surface area contributed by atoms with E-state index >= 15 is 0 Å². The average molecular weight is 313 g/mol. The zero-order valence-corrected chi connectivity index (χ0v) is 11.7. The topological polar surface area (TPSA) is 101 Å². The van der Waals surface area contributed by atoms with E-state index in [2.05, 4.69) is 0 Å². The van der Waals surface area contributed by atoms with E-state index < -0.39 is 22.7 Å². The van der Waals surface area contributed by atoms with Crippen molar-refractivity contribution in [1.29, 1.82) is 0 Å². The van der Waals surface area contributed by atoms with Gasteiger partial charge in [-0.25, -0.2) is 0 Å². The molecule has 0 bridgehead atoms. The first-order valence-corrected chi connectivity index (χ1v) is 6.74. The first-order chi connectivity index (χ1) is 9.90. The van der Waals surface area contributed by atoms with Gasteiger partial charge in [-0.3, -0.25) is 19.7 Å². The standard InChI is InChI=1S/C13H13ClN2O5/c14-9-3-4-10(11(6-9)16(20)21)12(17)15-5-1-2-8(7-15)13(18)19/h3-4,6,8H,1-2,5,7H2,(H,18,19)/t8-/m1/s1. The summed E-state index contributed by atoms with van der Waals surface area (Å²) < 4.78 is 0. The summed E-state index contributed by atoms with van der Waals surface area (Å²) in [5.41, 5.74) is -0.444. The largest absolute Gasteiger partial charge is 0.481 e. The summed E-state index contributed by atoms with van der Waals surface area (Å²) in [6.45, 7) is 0.455. The van der Waals surface area contributed by atoms with Crippen molar-refractivity contribution in [3.05, 3.63) is 38.9 Å². The Kier molecular flexibility index (Phi) is 4.42. The van der Waals surface area contributed by atoms with Crippen LogP contribution in [0.4, 0.5) is 5.69 Å². The molecule has 1 atom stereocenters. The molecule has 21 heavy (non-hydrogen) atoms. The van der Waals surface area contributed by atoms with E-state index in [0.717, 1.165) is 6.07 Å². The molecule has 8 heteroatoms. The van der Waals surface area contributed by atoms with Gasteiger partial charge in [0, 0.05) is 24.2 Å². The van der Waals surface area contributed by atoms with Crippen molar-refractivity contribution in [1.82, 2.24) is 4.90 Å². The Morgan fingerprint density at radius 3 is 2.76 bits per heavy atom. The van der Waals surface area contributed by atoms with Crippen LogP contribution < -0.4 is 0 Å². The van der Waals surface area contributed by atoms with Crippen LogP contribution in [0.1, 0.15) is 23.2 Å². The van der Waals surface area contributed by atoms with Crippen LogP contribution in [0.2, 0.25) is 5.02 Å². The Morgan fingerprint density at radius 2 is 2.14 bits per heavy atom. The molecule has 0 aromatic heterocycles. The third kappa shape index (κ3) is 3.30. The highest BCUT2D eigenvalue weighted by Gasteiger charge is 2.31. The van der Waals surface area contributed by atoms with E-state index in [1.54, 1.807) is 0 Å². The monoisotopic (exact) mass is 312 g/mol. The Labute approximate surface area is 125 Å². The minimum absolute atomic E-state index is 0.0634. The van der Waals surface area contributed by atoms with Crippen LogP contribution in [0.15, 0.2) is 18.2 Å². The number of carboxylic acid groups (broad SMARTS) is 1. The predicted molar refractivity (Wildman–Crippen MR) is 74.4 cm³/mol. The molecule has 2 rings (SSSR count). The Balaban J connectivity index is 2.28. The first kappa shape index (κ1) is 15.2. The Morgan fingerprint density at radius 1 is 1.43 bits per heavy atom. The number of hydrogen-bond donors (Lipinski definition) is 1. The second-order valence-electron chi connectivity index (χ2n) is 4.85. The minimum atomic E-state index is -0.960. The number of rotatable bonds is 3. The van der Waals surface area contributed by atoms with Crippen molar-refractivity contribution in [2.24, 2.45) is 5.92 Å². The lowest BCUT2D eigenvalue weighted by Crippen LogP contribution is -2.42. The van der Waals surface area contributed by atoms with Crippen LogP contribution >= 0.6 is 11.6 Å². The normalized spacial score (nSPS) is 18.3. The molecule has 1 fully saturated rings. The van der Waals surface area contributed by atoms with Crippen LogP contribution in [0.3, 0.4) is 0 Å². The average Bonchev–Trinajstić information content (AvgIpc) is 2.46. The van der Waals surface area contributed by atoms with Crippen LogP contribution in [-0.2, 0) is 4.79 Å². The summed E-state index contributed by atoms with van der Waals surface area (Å²) in [6.07, 6.45) is 1.06. The number of likely N-dealkylation sites (tertiary alicyclic amines) is 1. The highest BCUT2D eigenvalue weighted by Crippen LogP contribution is 2.26. The molecule has 112 valence electrons. The molecule has 0 radical (unpaired) electrons. The lowest BCUT2D eigenvalue weighted by molar-refractivity contribution is -0.385.